The summed E-state index contributed by atoms with van der Waals surface area (Å²) >= 11 is 0. The predicted octanol–water partition coefficient (Wildman–Crippen LogP) is 3.71. The molecule has 2 nitrogen and oxygen atoms in total. The SMILES string of the molecule is C=C1O/C(=C(\C)c2ccc[nH]2)CC1(C)C. The maximum atomic E-state index is 5.73. The summed E-state index contributed by atoms with van der Waals surface area (Å²) in [6, 6.07) is 4.05. The van der Waals surface area contributed by atoms with E-state index in [9.17, 15) is 0 Å². The number of H-pyrrole nitrogens is 1. The molecule has 1 aromatic rings. The van der Waals surface area contributed by atoms with Crippen molar-refractivity contribution in [1.29, 1.82) is 0 Å². The van der Waals surface area contributed by atoms with Crippen LogP contribution in [0.5, 0.6) is 0 Å². The van der Waals surface area contributed by atoms with Crippen molar-refractivity contribution in [1.82, 2.24) is 4.98 Å². The van der Waals surface area contributed by atoms with E-state index in [1.54, 1.807) is 0 Å². The van der Waals surface area contributed by atoms with E-state index in [1.165, 1.54) is 5.57 Å². The smallest absolute Gasteiger partial charge is 0.110 e. The van der Waals surface area contributed by atoms with Crippen molar-refractivity contribution in [2.75, 3.05) is 0 Å². The monoisotopic (exact) mass is 203 g/mol. The molecule has 0 spiro atoms. The molecule has 0 aliphatic carbocycles. The van der Waals surface area contributed by atoms with Crippen LogP contribution in [0.4, 0.5) is 0 Å². The standard InChI is InChI=1S/C13H17NO/c1-9(11-6-5-7-14-11)12-8-13(3,4)10(2)15-12/h5-7,14H,2,8H2,1,3-4H3/b12-9+. The zero-order valence-electron chi connectivity index (χ0n) is 9.55. The number of rotatable bonds is 1. The molecule has 0 bridgehead atoms. The van der Waals surface area contributed by atoms with Gasteiger partial charge in [-0.05, 0) is 19.1 Å². The highest BCUT2D eigenvalue weighted by molar-refractivity contribution is 5.63. The van der Waals surface area contributed by atoms with Gasteiger partial charge in [0.15, 0.2) is 0 Å². The topological polar surface area (TPSA) is 25.0 Å². The zero-order valence-corrected chi connectivity index (χ0v) is 9.55. The summed E-state index contributed by atoms with van der Waals surface area (Å²) in [5.74, 6) is 1.90. The Bertz CT molecular complexity index is 410. The second kappa shape index (κ2) is 3.30. The van der Waals surface area contributed by atoms with Crippen LogP contribution in [0.15, 0.2) is 36.4 Å². The van der Waals surface area contributed by atoms with Gasteiger partial charge in [0.2, 0.25) is 0 Å². The lowest BCUT2D eigenvalue weighted by atomic mass is 9.88. The van der Waals surface area contributed by atoms with E-state index in [4.69, 9.17) is 4.74 Å². The quantitative estimate of drug-likeness (QED) is 0.739. The maximum absolute atomic E-state index is 5.73. The van der Waals surface area contributed by atoms with Gasteiger partial charge < -0.3 is 9.72 Å². The lowest BCUT2D eigenvalue weighted by Gasteiger charge is -2.13. The Morgan fingerprint density at radius 3 is 2.73 bits per heavy atom. The van der Waals surface area contributed by atoms with Crippen LogP contribution in [0.25, 0.3) is 5.57 Å². The highest BCUT2D eigenvalue weighted by Gasteiger charge is 2.34. The van der Waals surface area contributed by atoms with Crippen molar-refractivity contribution in [2.45, 2.75) is 27.2 Å². The first-order valence-corrected chi connectivity index (χ1v) is 5.21. The minimum Gasteiger partial charge on any atom is -0.466 e. The van der Waals surface area contributed by atoms with E-state index in [0.717, 1.165) is 23.6 Å². The molecule has 1 aliphatic rings. The van der Waals surface area contributed by atoms with Crippen molar-refractivity contribution < 1.29 is 4.74 Å². The Morgan fingerprint density at radius 1 is 1.53 bits per heavy atom. The number of hydrogen-bond donors (Lipinski definition) is 1. The fourth-order valence-corrected chi connectivity index (χ4v) is 1.75. The number of aromatic amines is 1. The Hall–Kier alpha value is -1.44. The number of aromatic nitrogens is 1. The lowest BCUT2D eigenvalue weighted by Crippen LogP contribution is -2.06. The molecule has 1 N–H and O–H groups in total. The molecule has 80 valence electrons. The second-order valence-corrected chi connectivity index (χ2v) is 4.72. The van der Waals surface area contributed by atoms with Gasteiger partial charge >= 0.3 is 0 Å². The Balaban J connectivity index is 2.34. The second-order valence-electron chi connectivity index (χ2n) is 4.72. The highest BCUT2D eigenvalue weighted by Crippen LogP contribution is 2.44. The van der Waals surface area contributed by atoms with Gasteiger partial charge in [0, 0.05) is 29.3 Å². The molecule has 1 aliphatic heterocycles. The Morgan fingerprint density at radius 2 is 2.27 bits per heavy atom. The lowest BCUT2D eigenvalue weighted by molar-refractivity contribution is 0.307. The van der Waals surface area contributed by atoms with Gasteiger partial charge in [-0.3, -0.25) is 0 Å². The molecule has 2 heterocycles. The summed E-state index contributed by atoms with van der Waals surface area (Å²) in [6.07, 6.45) is 2.85. The third-order valence-corrected chi connectivity index (χ3v) is 3.02. The van der Waals surface area contributed by atoms with Gasteiger partial charge in [0.05, 0.1) is 0 Å². The third kappa shape index (κ3) is 1.72. The van der Waals surface area contributed by atoms with Crippen LogP contribution in [0, 0.1) is 5.41 Å². The van der Waals surface area contributed by atoms with E-state index in [1.807, 2.05) is 12.3 Å². The summed E-state index contributed by atoms with van der Waals surface area (Å²) in [7, 11) is 0. The number of ether oxygens (including phenoxy) is 1. The van der Waals surface area contributed by atoms with E-state index in [0.29, 0.717) is 0 Å². The van der Waals surface area contributed by atoms with Gasteiger partial charge in [-0.15, -0.1) is 0 Å². The van der Waals surface area contributed by atoms with E-state index >= 15 is 0 Å². The first-order valence-electron chi connectivity index (χ1n) is 5.21. The first-order chi connectivity index (χ1) is 7.00. The maximum Gasteiger partial charge on any atom is 0.110 e. The van der Waals surface area contributed by atoms with Crippen molar-refractivity contribution in [3.8, 4) is 0 Å². The predicted molar refractivity (Wildman–Crippen MR) is 62.0 cm³/mol. The molecule has 1 aromatic heterocycles. The summed E-state index contributed by atoms with van der Waals surface area (Å²) in [5.41, 5.74) is 2.35. The molecule has 0 unspecified atom stereocenters. The molecule has 0 aromatic carbocycles. The molecule has 0 saturated carbocycles. The fourth-order valence-electron chi connectivity index (χ4n) is 1.75. The molecule has 1 fully saturated rings. The van der Waals surface area contributed by atoms with Crippen molar-refractivity contribution >= 4 is 5.57 Å². The Labute approximate surface area is 90.7 Å². The van der Waals surface area contributed by atoms with Crippen molar-refractivity contribution in [3.63, 3.8) is 0 Å². The molecule has 1 saturated heterocycles. The van der Waals surface area contributed by atoms with E-state index < -0.39 is 0 Å². The van der Waals surface area contributed by atoms with Crippen LogP contribution in [-0.2, 0) is 4.74 Å². The largest absolute Gasteiger partial charge is 0.466 e. The van der Waals surface area contributed by atoms with Gasteiger partial charge in [-0.25, -0.2) is 0 Å². The van der Waals surface area contributed by atoms with Crippen molar-refractivity contribution in [2.24, 2.45) is 5.41 Å². The van der Waals surface area contributed by atoms with Crippen LogP contribution in [-0.4, -0.2) is 4.98 Å². The number of nitrogens with one attached hydrogen (secondary N) is 1. The van der Waals surface area contributed by atoms with Gasteiger partial charge in [-0.2, -0.15) is 0 Å². The normalized spacial score (nSPS) is 22.7. The minimum atomic E-state index is 0.0587. The Kier molecular flexibility index (Phi) is 2.22. The van der Waals surface area contributed by atoms with Gasteiger partial charge in [-0.1, -0.05) is 20.4 Å². The van der Waals surface area contributed by atoms with Crippen LogP contribution >= 0.6 is 0 Å². The van der Waals surface area contributed by atoms with E-state index in [-0.39, 0.29) is 5.41 Å². The molecule has 2 heteroatoms. The molecule has 0 radical (unpaired) electrons. The summed E-state index contributed by atoms with van der Waals surface area (Å²) in [6.45, 7) is 10.3. The molecular formula is C13H17NO. The molecule has 15 heavy (non-hydrogen) atoms. The zero-order chi connectivity index (χ0) is 11.1. The van der Waals surface area contributed by atoms with Crippen LogP contribution in [0.3, 0.4) is 0 Å². The summed E-state index contributed by atoms with van der Waals surface area (Å²) < 4.78 is 5.73. The van der Waals surface area contributed by atoms with Gasteiger partial charge in [0.25, 0.3) is 0 Å². The number of hydrogen-bond acceptors (Lipinski definition) is 1. The number of allylic oxidation sites excluding steroid dienone is 3. The summed E-state index contributed by atoms with van der Waals surface area (Å²) in [5, 5.41) is 0. The first kappa shape index (κ1) is 10.1. The van der Waals surface area contributed by atoms with Crippen molar-refractivity contribution in [3.05, 3.63) is 42.1 Å². The molecule has 2 rings (SSSR count). The average molecular weight is 203 g/mol. The van der Waals surface area contributed by atoms with Crippen LogP contribution in [0.1, 0.15) is 32.9 Å². The molecule has 0 atom stereocenters. The van der Waals surface area contributed by atoms with Crippen LogP contribution < -0.4 is 0 Å². The molecule has 0 amide bonds. The van der Waals surface area contributed by atoms with Crippen LogP contribution in [0.2, 0.25) is 0 Å². The summed E-state index contributed by atoms with van der Waals surface area (Å²) in [4.78, 5) is 3.19. The third-order valence-electron chi connectivity index (χ3n) is 3.02. The van der Waals surface area contributed by atoms with Gasteiger partial charge in [0.1, 0.15) is 11.5 Å². The highest BCUT2D eigenvalue weighted by atomic mass is 16.5. The average Bonchev–Trinajstić information content (AvgIpc) is 2.74. The minimum absolute atomic E-state index is 0.0587. The molecular weight excluding hydrogens is 186 g/mol. The van der Waals surface area contributed by atoms with E-state index in [2.05, 4.69) is 38.4 Å². The fraction of sp³-hybridized carbons (Fsp3) is 0.385.